The predicted molar refractivity (Wildman–Crippen MR) is 74.3 cm³/mol. The molecule has 0 saturated heterocycles. The van der Waals surface area contributed by atoms with Crippen LogP contribution in [0, 0.1) is 0 Å². The first kappa shape index (κ1) is 13.4. The summed E-state index contributed by atoms with van der Waals surface area (Å²) in [5.74, 6) is 0. The van der Waals surface area contributed by atoms with Crippen molar-refractivity contribution in [3.8, 4) is 0 Å². The molecule has 3 heterocycles. The van der Waals surface area contributed by atoms with Crippen LogP contribution in [0.15, 0.2) is 33.4 Å². The SMILES string of the molecule is C[C@]1(CO)OB2OC(CN)C(Br)=C3C=COCC1=C23. The first-order valence-corrected chi connectivity index (χ1v) is 6.96. The van der Waals surface area contributed by atoms with Crippen molar-refractivity contribution in [3.63, 3.8) is 0 Å². The van der Waals surface area contributed by atoms with Gasteiger partial charge in [0.15, 0.2) is 0 Å². The number of allylic oxidation sites excluding steroid dienone is 3. The zero-order valence-corrected chi connectivity index (χ0v) is 12.1. The van der Waals surface area contributed by atoms with Gasteiger partial charge >= 0.3 is 7.12 Å². The van der Waals surface area contributed by atoms with Crippen molar-refractivity contribution in [2.75, 3.05) is 19.8 Å². The molecular formula is C12H15BBrNO4. The average molecular weight is 328 g/mol. The van der Waals surface area contributed by atoms with Gasteiger partial charge < -0.3 is 24.9 Å². The Balaban J connectivity index is 2.16. The lowest BCUT2D eigenvalue weighted by molar-refractivity contribution is 0.0296. The fraction of sp³-hybridized carbons (Fsp3) is 0.500. The van der Waals surface area contributed by atoms with E-state index in [1.54, 1.807) is 6.26 Å². The van der Waals surface area contributed by atoms with E-state index in [1.165, 1.54) is 0 Å². The van der Waals surface area contributed by atoms with Crippen molar-refractivity contribution in [3.05, 3.63) is 33.4 Å². The van der Waals surface area contributed by atoms with Gasteiger partial charge in [-0.05, 0) is 29.6 Å². The minimum absolute atomic E-state index is 0.118. The topological polar surface area (TPSA) is 73.9 Å². The predicted octanol–water partition coefficient (Wildman–Crippen LogP) is 0.642. The quantitative estimate of drug-likeness (QED) is 0.728. The first-order valence-electron chi connectivity index (χ1n) is 6.16. The lowest BCUT2D eigenvalue weighted by Crippen LogP contribution is -2.41. The van der Waals surface area contributed by atoms with Crippen LogP contribution < -0.4 is 5.73 Å². The van der Waals surface area contributed by atoms with Crippen molar-refractivity contribution in [1.29, 1.82) is 0 Å². The maximum absolute atomic E-state index is 9.62. The van der Waals surface area contributed by atoms with E-state index in [0.29, 0.717) is 13.2 Å². The van der Waals surface area contributed by atoms with Gasteiger partial charge in [-0.1, -0.05) is 15.9 Å². The number of aliphatic hydroxyl groups excluding tert-OH is 1. The van der Waals surface area contributed by atoms with E-state index in [2.05, 4.69) is 15.9 Å². The van der Waals surface area contributed by atoms with Crippen LogP contribution in [-0.4, -0.2) is 43.7 Å². The van der Waals surface area contributed by atoms with Gasteiger partial charge in [0.2, 0.25) is 0 Å². The molecule has 0 spiro atoms. The smallest absolute Gasteiger partial charge is 0.495 e. The Morgan fingerprint density at radius 1 is 1.63 bits per heavy atom. The Kier molecular flexibility index (Phi) is 3.35. The van der Waals surface area contributed by atoms with Crippen LogP contribution in [0.5, 0.6) is 0 Å². The number of rotatable bonds is 2. The van der Waals surface area contributed by atoms with Crippen LogP contribution in [0.4, 0.5) is 0 Å². The van der Waals surface area contributed by atoms with Crippen LogP contribution in [0.2, 0.25) is 0 Å². The molecule has 0 bridgehead atoms. The fourth-order valence-electron chi connectivity index (χ4n) is 2.63. The number of halogens is 1. The summed E-state index contributed by atoms with van der Waals surface area (Å²) in [5.41, 5.74) is 7.80. The lowest BCUT2D eigenvalue weighted by Gasteiger charge is -2.29. The summed E-state index contributed by atoms with van der Waals surface area (Å²) in [6, 6.07) is 0. The molecule has 0 fully saturated rings. The maximum atomic E-state index is 9.62. The number of hydrogen-bond acceptors (Lipinski definition) is 5. The monoisotopic (exact) mass is 327 g/mol. The summed E-state index contributed by atoms with van der Waals surface area (Å²) < 4.78 is 18.1. The number of aliphatic hydroxyl groups is 1. The van der Waals surface area contributed by atoms with Crippen LogP contribution in [0.1, 0.15) is 6.92 Å². The van der Waals surface area contributed by atoms with Crippen molar-refractivity contribution in [1.82, 2.24) is 0 Å². The second kappa shape index (κ2) is 4.75. The molecule has 0 aromatic heterocycles. The molecule has 3 aliphatic rings. The van der Waals surface area contributed by atoms with Crippen molar-refractivity contribution < 1.29 is 19.2 Å². The third-order valence-electron chi connectivity index (χ3n) is 3.76. The van der Waals surface area contributed by atoms with E-state index in [9.17, 15) is 5.11 Å². The highest BCUT2D eigenvalue weighted by Crippen LogP contribution is 2.45. The summed E-state index contributed by atoms with van der Waals surface area (Å²) >= 11 is 3.55. The molecule has 3 N–H and O–H groups in total. The molecule has 7 heteroatoms. The maximum Gasteiger partial charge on any atom is 0.495 e. The van der Waals surface area contributed by atoms with Gasteiger partial charge in [-0.25, -0.2) is 0 Å². The van der Waals surface area contributed by atoms with Crippen LogP contribution in [0.25, 0.3) is 0 Å². The molecule has 0 aliphatic carbocycles. The van der Waals surface area contributed by atoms with Crippen LogP contribution in [0.3, 0.4) is 0 Å². The molecule has 5 nitrogen and oxygen atoms in total. The minimum Gasteiger partial charge on any atom is -0.497 e. The van der Waals surface area contributed by atoms with Crippen molar-refractivity contribution >= 4 is 23.0 Å². The molecular weight excluding hydrogens is 313 g/mol. The second-order valence-electron chi connectivity index (χ2n) is 4.97. The second-order valence-corrected chi connectivity index (χ2v) is 5.82. The lowest BCUT2D eigenvalue weighted by atomic mass is 9.70. The summed E-state index contributed by atoms with van der Waals surface area (Å²) in [4.78, 5) is 0. The Hall–Kier alpha value is -0.595. The van der Waals surface area contributed by atoms with E-state index in [-0.39, 0.29) is 12.7 Å². The highest BCUT2D eigenvalue weighted by Gasteiger charge is 2.52. The van der Waals surface area contributed by atoms with Gasteiger partial charge in [0.1, 0.15) is 6.61 Å². The average Bonchev–Trinajstić information content (AvgIpc) is 2.58. The van der Waals surface area contributed by atoms with Gasteiger partial charge in [0.05, 0.1) is 24.6 Å². The first-order chi connectivity index (χ1) is 9.10. The number of nitrogens with two attached hydrogens (primary N) is 1. The molecule has 0 aromatic rings. The summed E-state index contributed by atoms with van der Waals surface area (Å²) in [6.45, 7) is 2.47. The Morgan fingerprint density at radius 3 is 3.11 bits per heavy atom. The fourth-order valence-corrected chi connectivity index (χ4v) is 3.27. The number of ether oxygens (including phenoxy) is 1. The Labute approximate surface area is 120 Å². The van der Waals surface area contributed by atoms with Gasteiger partial charge in [0.25, 0.3) is 0 Å². The molecule has 0 aromatic carbocycles. The zero-order valence-electron chi connectivity index (χ0n) is 10.6. The summed E-state index contributed by atoms with van der Waals surface area (Å²) in [6.07, 6.45) is 3.30. The van der Waals surface area contributed by atoms with E-state index in [0.717, 1.165) is 21.1 Å². The van der Waals surface area contributed by atoms with Crippen molar-refractivity contribution in [2.45, 2.75) is 18.6 Å². The molecule has 102 valence electrons. The zero-order chi connectivity index (χ0) is 13.6. The summed E-state index contributed by atoms with van der Waals surface area (Å²) in [5, 5.41) is 9.62. The van der Waals surface area contributed by atoms with Gasteiger partial charge in [-0.3, -0.25) is 0 Å². The van der Waals surface area contributed by atoms with Gasteiger partial charge in [0, 0.05) is 11.0 Å². The van der Waals surface area contributed by atoms with Crippen molar-refractivity contribution in [2.24, 2.45) is 5.73 Å². The van der Waals surface area contributed by atoms with Gasteiger partial charge in [-0.2, -0.15) is 0 Å². The van der Waals surface area contributed by atoms with Crippen LogP contribution in [-0.2, 0) is 14.0 Å². The molecule has 3 rings (SSSR count). The molecule has 1 unspecified atom stereocenters. The van der Waals surface area contributed by atoms with Crippen LogP contribution >= 0.6 is 15.9 Å². The Morgan fingerprint density at radius 2 is 2.42 bits per heavy atom. The van der Waals surface area contributed by atoms with Gasteiger partial charge in [-0.15, -0.1) is 0 Å². The molecule has 3 aliphatic heterocycles. The van der Waals surface area contributed by atoms with E-state index in [4.69, 9.17) is 19.8 Å². The molecule has 0 radical (unpaired) electrons. The standard InChI is InChI=1S/C12H15BBrNO4/c1-12(6-16)8-5-17-3-2-7-10(8)13(19-12)18-9(4-15)11(7)14/h2-3,9,16H,4-6,15H2,1H3/t9?,12-/m1/s1. The highest BCUT2D eigenvalue weighted by molar-refractivity contribution is 9.11. The number of hydrogen-bond donors (Lipinski definition) is 2. The Bertz CT molecular complexity index is 504. The minimum atomic E-state index is -0.770. The summed E-state index contributed by atoms with van der Waals surface area (Å²) in [7, 11) is -0.497. The third kappa shape index (κ3) is 1.92. The molecule has 0 amide bonds. The molecule has 0 saturated carbocycles. The molecule has 2 atom stereocenters. The normalized spacial score (nSPS) is 33.5. The largest absolute Gasteiger partial charge is 0.497 e. The highest BCUT2D eigenvalue weighted by atomic mass is 79.9. The van der Waals surface area contributed by atoms with E-state index < -0.39 is 12.7 Å². The molecule has 19 heavy (non-hydrogen) atoms. The van der Waals surface area contributed by atoms with E-state index in [1.807, 2.05) is 13.0 Å². The third-order valence-corrected chi connectivity index (χ3v) is 4.70. The van der Waals surface area contributed by atoms with E-state index >= 15 is 0 Å².